The smallest absolute Gasteiger partial charge is 0.497 e. The number of hydrogen-bond acceptors (Lipinski definition) is 10. The minimum absolute atomic E-state index is 0.0146. The van der Waals surface area contributed by atoms with Crippen LogP contribution in [0, 0.1) is 6.92 Å². The van der Waals surface area contributed by atoms with Crippen molar-refractivity contribution in [3.8, 4) is 11.5 Å². The highest BCUT2D eigenvalue weighted by molar-refractivity contribution is 6.05. The largest absolute Gasteiger partial charge is 0.509 e. The molecule has 2 aliphatic heterocycles. The van der Waals surface area contributed by atoms with E-state index in [4.69, 9.17) is 32.8 Å². The third-order valence-corrected chi connectivity index (χ3v) is 6.64. The van der Waals surface area contributed by atoms with E-state index in [0.29, 0.717) is 28.0 Å². The van der Waals surface area contributed by atoms with Gasteiger partial charge >= 0.3 is 11.8 Å². The number of carbonyl (C=O) groups excluding carboxylic acids is 2. The molecule has 0 saturated carbocycles. The number of hydrogen-bond donors (Lipinski definition) is 1. The summed E-state index contributed by atoms with van der Waals surface area (Å²) < 4.78 is 39.1. The van der Waals surface area contributed by atoms with E-state index < -0.39 is 47.9 Å². The number of carbonyl (C=O) groups is 2. The number of anilines is 1. The monoisotopic (exact) mass is 525 g/mol. The van der Waals surface area contributed by atoms with E-state index in [2.05, 4.69) is 5.32 Å². The fourth-order valence-corrected chi connectivity index (χ4v) is 4.77. The molecule has 0 radical (unpaired) electrons. The molecule has 0 aliphatic carbocycles. The fourth-order valence-electron chi connectivity index (χ4n) is 4.77. The lowest BCUT2D eigenvalue weighted by atomic mass is 9.89. The molecule has 1 N–H and O–H groups in total. The van der Waals surface area contributed by atoms with Gasteiger partial charge < -0.3 is 38.2 Å². The molecule has 4 unspecified atom stereocenters. The summed E-state index contributed by atoms with van der Waals surface area (Å²) in [4.78, 5) is 37.3. The van der Waals surface area contributed by atoms with Crippen LogP contribution in [0.1, 0.15) is 29.8 Å². The second kappa shape index (κ2) is 9.66. The Morgan fingerprint density at radius 3 is 2.53 bits per heavy atom. The molecule has 2 fully saturated rings. The molecule has 3 aromatic rings. The van der Waals surface area contributed by atoms with Gasteiger partial charge in [0.25, 0.3) is 5.91 Å². The molecule has 200 valence electrons. The highest BCUT2D eigenvalue weighted by Crippen LogP contribution is 2.39. The van der Waals surface area contributed by atoms with Crippen LogP contribution in [0.2, 0.25) is 0 Å². The Morgan fingerprint density at radius 1 is 1.03 bits per heavy atom. The molecule has 2 saturated heterocycles. The summed E-state index contributed by atoms with van der Waals surface area (Å²) >= 11 is 0. The first-order chi connectivity index (χ1) is 18.1. The lowest BCUT2D eigenvalue weighted by molar-refractivity contribution is -0.282. The molecule has 11 nitrogen and oxygen atoms in total. The van der Waals surface area contributed by atoms with Crippen LogP contribution in [0.5, 0.6) is 11.5 Å². The van der Waals surface area contributed by atoms with Crippen LogP contribution in [0.25, 0.3) is 11.0 Å². The van der Waals surface area contributed by atoms with Gasteiger partial charge in [0.15, 0.2) is 6.10 Å². The van der Waals surface area contributed by atoms with Crippen molar-refractivity contribution in [2.45, 2.75) is 51.0 Å². The van der Waals surface area contributed by atoms with E-state index in [1.807, 2.05) is 0 Å². The average molecular weight is 526 g/mol. The maximum Gasteiger partial charge on any atom is 0.509 e. The van der Waals surface area contributed by atoms with Gasteiger partial charge in [-0.15, -0.1) is 0 Å². The molecule has 1 amide bonds. The summed E-state index contributed by atoms with van der Waals surface area (Å²) in [5.41, 5.74) is -0.494. The topological polar surface area (TPSA) is 132 Å². The van der Waals surface area contributed by atoms with Gasteiger partial charge in [-0.1, -0.05) is 6.07 Å². The summed E-state index contributed by atoms with van der Waals surface area (Å²) in [6.07, 6.45) is -3.99. The van der Waals surface area contributed by atoms with Crippen molar-refractivity contribution in [3.63, 3.8) is 0 Å². The minimum Gasteiger partial charge on any atom is -0.497 e. The van der Waals surface area contributed by atoms with Crippen LogP contribution in [-0.4, -0.2) is 56.5 Å². The van der Waals surface area contributed by atoms with Gasteiger partial charge in [0.05, 0.1) is 12.7 Å². The quantitative estimate of drug-likeness (QED) is 0.374. The number of aryl methyl sites for hydroxylation is 1. The van der Waals surface area contributed by atoms with Crippen molar-refractivity contribution in [2.75, 3.05) is 19.5 Å². The summed E-state index contributed by atoms with van der Waals surface area (Å²) in [7, 11) is 3.00. The number of fused-ring (bicyclic) bond motifs is 2. The Balaban J connectivity index is 1.41. The van der Waals surface area contributed by atoms with Crippen LogP contribution in [-0.2, 0) is 18.9 Å². The average Bonchev–Trinajstić information content (AvgIpc) is 3.27. The van der Waals surface area contributed by atoms with Crippen molar-refractivity contribution in [3.05, 3.63) is 64.0 Å². The van der Waals surface area contributed by atoms with Gasteiger partial charge in [0, 0.05) is 23.6 Å². The molecule has 4 atom stereocenters. The van der Waals surface area contributed by atoms with Crippen molar-refractivity contribution in [2.24, 2.45) is 0 Å². The number of amides is 1. The van der Waals surface area contributed by atoms with Gasteiger partial charge in [-0.2, -0.15) is 0 Å². The third-order valence-electron chi connectivity index (χ3n) is 6.64. The first-order valence-corrected chi connectivity index (χ1v) is 11.9. The van der Waals surface area contributed by atoms with E-state index in [1.54, 1.807) is 57.2 Å². The highest BCUT2D eigenvalue weighted by atomic mass is 16.8. The Kier molecular flexibility index (Phi) is 6.49. The maximum atomic E-state index is 12.8. The molecule has 3 heterocycles. The zero-order chi connectivity index (χ0) is 27.2. The number of methoxy groups -OCH3 is 2. The summed E-state index contributed by atoms with van der Waals surface area (Å²) in [6, 6.07) is 11.4. The lowest BCUT2D eigenvalue weighted by Crippen LogP contribution is -2.62. The van der Waals surface area contributed by atoms with E-state index in [0.717, 1.165) is 0 Å². The predicted octanol–water partition coefficient (Wildman–Crippen LogP) is 3.80. The molecule has 2 aliphatic rings. The van der Waals surface area contributed by atoms with Crippen LogP contribution in [0.4, 0.5) is 10.5 Å². The van der Waals surface area contributed by atoms with Gasteiger partial charge in [-0.05, 0) is 57.2 Å². The second-order valence-electron chi connectivity index (χ2n) is 9.52. The van der Waals surface area contributed by atoms with Gasteiger partial charge in [-0.3, -0.25) is 4.79 Å². The van der Waals surface area contributed by atoms with Crippen molar-refractivity contribution >= 4 is 28.7 Å². The van der Waals surface area contributed by atoms with Crippen molar-refractivity contribution in [1.82, 2.24) is 0 Å². The number of benzene rings is 2. The Labute approximate surface area is 217 Å². The van der Waals surface area contributed by atoms with E-state index >= 15 is 0 Å². The molecular formula is C27H27NO10. The summed E-state index contributed by atoms with van der Waals surface area (Å²) in [6.45, 7) is 5.32. The van der Waals surface area contributed by atoms with Crippen LogP contribution >= 0.6 is 0 Å². The van der Waals surface area contributed by atoms with Crippen LogP contribution < -0.4 is 20.4 Å². The Bertz CT molecular complexity index is 1460. The maximum absolute atomic E-state index is 12.8. The molecule has 38 heavy (non-hydrogen) atoms. The molecule has 2 aromatic carbocycles. The zero-order valence-corrected chi connectivity index (χ0v) is 21.4. The van der Waals surface area contributed by atoms with Gasteiger partial charge in [0.2, 0.25) is 12.4 Å². The van der Waals surface area contributed by atoms with E-state index in [-0.39, 0.29) is 11.3 Å². The normalized spacial score (nSPS) is 23.8. The highest BCUT2D eigenvalue weighted by Gasteiger charge is 2.59. The third kappa shape index (κ3) is 4.54. The SMILES string of the molecule is COc1cccc(C(=O)Nc2cc3ccc(OC4OC(C)(C)C(OC)C5OC(=O)OC45)c(C)c3oc2=O)c1. The Morgan fingerprint density at radius 2 is 1.79 bits per heavy atom. The standard InChI is InChI=1S/C27H27NO10/c1-13-18(34-25-21-20(36-26(31)37-21)22(33-5)27(2,3)38-25)10-9-14-12-17(24(30)35-19(13)14)28-23(29)15-7-6-8-16(11-15)32-4/h6-12,20-22,25H,1-5H3,(H,28,29). The van der Waals surface area contributed by atoms with Crippen LogP contribution in [0.15, 0.2) is 51.7 Å². The van der Waals surface area contributed by atoms with Crippen molar-refractivity contribution < 1.29 is 42.4 Å². The fraction of sp³-hybridized carbons (Fsp3) is 0.370. The molecule has 0 bridgehead atoms. The second-order valence-corrected chi connectivity index (χ2v) is 9.52. The minimum atomic E-state index is -1.00. The number of ether oxygens (including phenoxy) is 6. The number of rotatable bonds is 6. The molecule has 0 spiro atoms. The molecule has 1 aromatic heterocycles. The van der Waals surface area contributed by atoms with Gasteiger partial charge in [-0.25, -0.2) is 9.59 Å². The first kappa shape index (κ1) is 25.6. The summed E-state index contributed by atoms with van der Waals surface area (Å²) in [5.74, 6) is 0.383. The molecule has 11 heteroatoms. The molecule has 5 rings (SSSR count). The van der Waals surface area contributed by atoms with Crippen LogP contribution in [0.3, 0.4) is 0 Å². The van der Waals surface area contributed by atoms with Gasteiger partial charge in [0.1, 0.15) is 28.9 Å². The summed E-state index contributed by atoms with van der Waals surface area (Å²) in [5, 5.41) is 3.15. The zero-order valence-electron chi connectivity index (χ0n) is 21.4. The molecular weight excluding hydrogens is 498 g/mol. The van der Waals surface area contributed by atoms with E-state index in [9.17, 15) is 14.4 Å². The number of nitrogens with one attached hydrogen (secondary N) is 1. The Hall–Kier alpha value is -4.09. The predicted molar refractivity (Wildman–Crippen MR) is 134 cm³/mol. The lowest BCUT2D eigenvalue weighted by Gasteiger charge is -2.45. The van der Waals surface area contributed by atoms with Crippen molar-refractivity contribution in [1.29, 1.82) is 0 Å². The first-order valence-electron chi connectivity index (χ1n) is 11.9. The van der Waals surface area contributed by atoms with E-state index in [1.165, 1.54) is 20.3 Å².